The minimum atomic E-state index is -0.867. The molecule has 32 heavy (non-hydrogen) atoms. The predicted octanol–water partition coefficient (Wildman–Crippen LogP) is 3.63. The Morgan fingerprint density at radius 2 is 1.66 bits per heavy atom. The minimum Gasteiger partial charge on any atom is -0.481 e. The third kappa shape index (κ3) is 3.95. The van der Waals surface area contributed by atoms with Crippen LogP contribution in [0.1, 0.15) is 43.7 Å². The quantitative estimate of drug-likeness (QED) is 0.691. The molecule has 7 nitrogen and oxygen atoms in total. The summed E-state index contributed by atoms with van der Waals surface area (Å²) in [4.78, 5) is 37.7. The molecule has 0 radical (unpaired) electrons. The second-order valence-electron chi connectivity index (χ2n) is 8.76. The molecule has 0 spiro atoms. The zero-order chi connectivity index (χ0) is 22.9. The fraction of sp³-hybridized carbons (Fsp3) is 0.400. The number of nitrogens with one attached hydrogen (secondary N) is 1. The molecule has 7 heteroatoms. The van der Waals surface area contributed by atoms with Crippen LogP contribution in [-0.4, -0.2) is 53.7 Å². The molecule has 0 saturated carbocycles. The molecule has 1 atom stereocenters. The summed E-state index contributed by atoms with van der Waals surface area (Å²) in [6.45, 7) is 4.20. The zero-order valence-corrected chi connectivity index (χ0v) is 18.3. The van der Waals surface area contributed by atoms with E-state index in [4.69, 9.17) is 4.74 Å². The molecule has 0 unspecified atom stereocenters. The van der Waals surface area contributed by atoms with Gasteiger partial charge in [-0.05, 0) is 35.6 Å². The van der Waals surface area contributed by atoms with Gasteiger partial charge in [0.05, 0.1) is 0 Å². The lowest BCUT2D eigenvalue weighted by atomic mass is 9.77. The number of carboxylic acids is 1. The number of fused-ring (bicyclic) bond motifs is 3. The van der Waals surface area contributed by atoms with Gasteiger partial charge in [0, 0.05) is 31.5 Å². The molecule has 168 valence electrons. The number of likely N-dealkylation sites (tertiary alicyclic amines) is 1. The van der Waals surface area contributed by atoms with Gasteiger partial charge >= 0.3 is 12.1 Å². The van der Waals surface area contributed by atoms with Crippen LogP contribution in [0.3, 0.4) is 0 Å². The Bertz CT molecular complexity index is 999. The Labute approximate surface area is 187 Å². The normalized spacial score (nSPS) is 17.0. The number of amides is 2. The third-order valence-electron chi connectivity index (χ3n) is 6.66. The molecule has 1 aliphatic heterocycles. The molecular weight excluding hydrogens is 408 g/mol. The van der Waals surface area contributed by atoms with Gasteiger partial charge in [-0.3, -0.25) is 9.59 Å². The fourth-order valence-electron chi connectivity index (χ4n) is 4.65. The van der Waals surface area contributed by atoms with E-state index in [0.717, 1.165) is 22.3 Å². The van der Waals surface area contributed by atoms with Crippen molar-refractivity contribution >= 4 is 18.0 Å². The van der Waals surface area contributed by atoms with E-state index in [-0.39, 0.29) is 37.9 Å². The van der Waals surface area contributed by atoms with Gasteiger partial charge in [0.25, 0.3) is 0 Å². The Morgan fingerprint density at radius 3 is 2.19 bits per heavy atom. The number of carbonyl (C=O) groups excluding carboxylic acids is 2. The number of hydrogen-bond donors (Lipinski definition) is 2. The molecule has 2 aliphatic rings. The first kappa shape index (κ1) is 21.9. The Kier molecular flexibility index (Phi) is 5.91. The molecular formula is C25H28N2O5. The second-order valence-corrected chi connectivity index (χ2v) is 8.76. The van der Waals surface area contributed by atoms with Crippen LogP contribution in [0.4, 0.5) is 4.79 Å². The van der Waals surface area contributed by atoms with Crippen molar-refractivity contribution in [3.8, 4) is 11.1 Å². The molecule has 1 heterocycles. The van der Waals surface area contributed by atoms with Crippen LogP contribution < -0.4 is 5.32 Å². The number of nitrogens with zero attached hydrogens (tertiary/aromatic N) is 1. The summed E-state index contributed by atoms with van der Waals surface area (Å²) < 4.78 is 5.52. The summed E-state index contributed by atoms with van der Waals surface area (Å²) in [6, 6.07) is 15.8. The number of carbonyl (C=O) groups is 3. The van der Waals surface area contributed by atoms with E-state index >= 15 is 0 Å². The zero-order valence-electron chi connectivity index (χ0n) is 18.3. The van der Waals surface area contributed by atoms with E-state index in [9.17, 15) is 19.5 Å². The maximum atomic E-state index is 12.4. The monoisotopic (exact) mass is 436 g/mol. The number of alkyl carbamates (subject to hydrolysis) is 1. The van der Waals surface area contributed by atoms with E-state index in [2.05, 4.69) is 29.6 Å². The van der Waals surface area contributed by atoms with Gasteiger partial charge in [0.15, 0.2) is 0 Å². The van der Waals surface area contributed by atoms with Crippen molar-refractivity contribution in [3.05, 3.63) is 59.7 Å². The van der Waals surface area contributed by atoms with Crippen LogP contribution in [0, 0.1) is 5.41 Å². The average molecular weight is 437 g/mol. The number of hydrogen-bond acceptors (Lipinski definition) is 4. The van der Waals surface area contributed by atoms with Gasteiger partial charge in [0.1, 0.15) is 12.0 Å². The molecule has 2 amide bonds. The van der Waals surface area contributed by atoms with Gasteiger partial charge in [-0.25, -0.2) is 4.79 Å². The van der Waals surface area contributed by atoms with Crippen molar-refractivity contribution in [2.45, 2.75) is 38.6 Å². The van der Waals surface area contributed by atoms with Crippen molar-refractivity contribution in [3.63, 3.8) is 0 Å². The summed E-state index contributed by atoms with van der Waals surface area (Å²) in [7, 11) is 0. The first-order valence-electron chi connectivity index (χ1n) is 11.0. The van der Waals surface area contributed by atoms with E-state index in [1.807, 2.05) is 31.2 Å². The van der Waals surface area contributed by atoms with Gasteiger partial charge < -0.3 is 20.1 Å². The Morgan fingerprint density at radius 1 is 1.09 bits per heavy atom. The van der Waals surface area contributed by atoms with E-state index in [1.54, 1.807) is 6.92 Å². The van der Waals surface area contributed by atoms with Gasteiger partial charge in [-0.1, -0.05) is 55.5 Å². The summed E-state index contributed by atoms with van der Waals surface area (Å²) >= 11 is 0. The summed E-state index contributed by atoms with van der Waals surface area (Å²) in [5, 5.41) is 12.1. The summed E-state index contributed by atoms with van der Waals surface area (Å²) in [6.07, 6.45) is 0.0210. The van der Waals surface area contributed by atoms with Gasteiger partial charge in [-0.2, -0.15) is 0 Å². The SMILES string of the molecule is CCC1(C(=O)O)CN(C(=O)C[C@H](C)NC(=O)OCC2c3ccccc3-c3ccccc32)C1. The summed E-state index contributed by atoms with van der Waals surface area (Å²) in [5.41, 5.74) is 3.77. The minimum absolute atomic E-state index is 0.0237. The second kappa shape index (κ2) is 8.65. The molecule has 1 saturated heterocycles. The van der Waals surface area contributed by atoms with Crippen molar-refractivity contribution < 1.29 is 24.2 Å². The maximum Gasteiger partial charge on any atom is 0.407 e. The first-order valence-corrected chi connectivity index (χ1v) is 11.0. The third-order valence-corrected chi connectivity index (χ3v) is 6.66. The average Bonchev–Trinajstić information content (AvgIpc) is 3.05. The van der Waals surface area contributed by atoms with Crippen LogP contribution in [0.15, 0.2) is 48.5 Å². The molecule has 1 aliphatic carbocycles. The maximum absolute atomic E-state index is 12.4. The topological polar surface area (TPSA) is 95.9 Å². The van der Waals surface area contributed by atoms with Crippen LogP contribution in [0.2, 0.25) is 0 Å². The van der Waals surface area contributed by atoms with E-state index < -0.39 is 23.5 Å². The molecule has 1 fully saturated rings. The smallest absolute Gasteiger partial charge is 0.407 e. The van der Waals surface area contributed by atoms with Crippen LogP contribution in [0.25, 0.3) is 11.1 Å². The van der Waals surface area contributed by atoms with Crippen LogP contribution >= 0.6 is 0 Å². The van der Waals surface area contributed by atoms with Crippen LogP contribution in [0.5, 0.6) is 0 Å². The van der Waals surface area contributed by atoms with Gasteiger partial charge in [-0.15, -0.1) is 0 Å². The lowest BCUT2D eigenvalue weighted by Gasteiger charge is -2.47. The van der Waals surface area contributed by atoms with Gasteiger partial charge in [0.2, 0.25) is 5.91 Å². The van der Waals surface area contributed by atoms with Crippen molar-refractivity contribution in [2.75, 3.05) is 19.7 Å². The highest BCUT2D eigenvalue weighted by molar-refractivity contribution is 5.84. The molecule has 0 aromatic heterocycles. The first-order chi connectivity index (χ1) is 15.3. The molecule has 0 bridgehead atoms. The summed E-state index contributed by atoms with van der Waals surface area (Å²) in [5.74, 6) is -1.06. The number of ether oxygens (including phenoxy) is 1. The molecule has 4 rings (SSSR count). The van der Waals surface area contributed by atoms with Crippen molar-refractivity contribution in [2.24, 2.45) is 5.41 Å². The lowest BCUT2D eigenvalue weighted by molar-refractivity contribution is -0.166. The van der Waals surface area contributed by atoms with E-state index in [1.165, 1.54) is 4.90 Å². The highest BCUT2D eigenvalue weighted by atomic mass is 16.5. The molecule has 2 N–H and O–H groups in total. The Balaban J connectivity index is 1.29. The Hall–Kier alpha value is -3.35. The number of aliphatic carboxylic acids is 1. The highest BCUT2D eigenvalue weighted by Crippen LogP contribution is 2.44. The van der Waals surface area contributed by atoms with Crippen LogP contribution in [-0.2, 0) is 14.3 Å². The predicted molar refractivity (Wildman–Crippen MR) is 119 cm³/mol. The number of benzene rings is 2. The molecule has 2 aromatic rings. The number of rotatable bonds is 7. The fourth-order valence-corrected chi connectivity index (χ4v) is 4.65. The largest absolute Gasteiger partial charge is 0.481 e. The lowest BCUT2D eigenvalue weighted by Crippen LogP contribution is -2.62. The van der Waals surface area contributed by atoms with Crippen molar-refractivity contribution in [1.29, 1.82) is 0 Å². The number of carboxylic acid groups (broad SMARTS) is 1. The highest BCUT2D eigenvalue weighted by Gasteiger charge is 2.49. The van der Waals surface area contributed by atoms with Crippen molar-refractivity contribution in [1.82, 2.24) is 10.2 Å². The van der Waals surface area contributed by atoms with E-state index in [0.29, 0.717) is 6.42 Å². The molecule has 2 aromatic carbocycles. The standard InChI is InChI=1S/C25H28N2O5/c1-3-25(23(29)30)14-27(15-25)22(28)12-16(2)26-24(31)32-13-21-19-10-6-4-8-17(19)18-9-5-7-11-20(18)21/h4-11,16,21H,3,12-15H2,1-2H3,(H,26,31)(H,29,30)/t16-/m0/s1.